The third kappa shape index (κ3) is 4.58. The van der Waals surface area contributed by atoms with E-state index < -0.39 is 0 Å². The van der Waals surface area contributed by atoms with Crippen LogP contribution in [0, 0.1) is 6.92 Å². The Morgan fingerprint density at radius 3 is 2.71 bits per heavy atom. The Labute approximate surface area is 165 Å². The molecule has 0 spiro atoms. The standard InChI is InChI=1S/C22H25N5O/c1-19-8-9-21(28-19)17-26(13-5-12-25-15-11-23-18-25)16-20-6-4-14-27(20)22-7-2-3-10-24-22/h2-4,6-11,14-15,18H,5,12-13,16-17H2,1H3. The summed E-state index contributed by atoms with van der Waals surface area (Å²) in [7, 11) is 0. The first-order valence-electron chi connectivity index (χ1n) is 9.59. The maximum absolute atomic E-state index is 5.82. The summed E-state index contributed by atoms with van der Waals surface area (Å²) >= 11 is 0. The summed E-state index contributed by atoms with van der Waals surface area (Å²) in [4.78, 5) is 11.0. The number of hydrogen-bond donors (Lipinski definition) is 0. The van der Waals surface area contributed by atoms with E-state index in [1.165, 1.54) is 5.69 Å². The molecule has 0 N–H and O–H groups in total. The molecule has 4 heterocycles. The maximum atomic E-state index is 5.82. The lowest BCUT2D eigenvalue weighted by atomic mass is 10.3. The molecule has 0 saturated carbocycles. The van der Waals surface area contributed by atoms with Gasteiger partial charge in [-0.1, -0.05) is 6.07 Å². The van der Waals surface area contributed by atoms with Crippen LogP contribution in [0.25, 0.3) is 5.82 Å². The van der Waals surface area contributed by atoms with E-state index in [0.29, 0.717) is 0 Å². The summed E-state index contributed by atoms with van der Waals surface area (Å²) in [5, 5.41) is 0. The quantitative estimate of drug-likeness (QED) is 0.443. The zero-order chi connectivity index (χ0) is 19.2. The predicted octanol–water partition coefficient (Wildman–Crippen LogP) is 4.06. The lowest BCUT2D eigenvalue weighted by molar-refractivity contribution is 0.224. The summed E-state index contributed by atoms with van der Waals surface area (Å²) in [6, 6.07) is 14.3. The van der Waals surface area contributed by atoms with Crippen LogP contribution in [-0.4, -0.2) is 30.5 Å². The molecule has 0 aliphatic carbocycles. The SMILES string of the molecule is Cc1ccc(CN(CCCn2ccnc2)Cc2cccn2-c2ccccn2)o1. The van der Waals surface area contributed by atoms with Crippen LogP contribution in [0.2, 0.25) is 0 Å². The van der Waals surface area contributed by atoms with E-state index in [9.17, 15) is 0 Å². The molecule has 0 saturated heterocycles. The lowest BCUT2D eigenvalue weighted by Gasteiger charge is -2.22. The zero-order valence-corrected chi connectivity index (χ0v) is 16.1. The van der Waals surface area contributed by atoms with Crippen molar-refractivity contribution in [3.8, 4) is 5.82 Å². The van der Waals surface area contributed by atoms with E-state index in [2.05, 4.69) is 48.4 Å². The van der Waals surface area contributed by atoms with Gasteiger partial charge in [-0.3, -0.25) is 4.90 Å². The van der Waals surface area contributed by atoms with Gasteiger partial charge < -0.3 is 13.6 Å². The van der Waals surface area contributed by atoms with E-state index in [0.717, 1.165) is 49.9 Å². The number of rotatable bonds is 9. The monoisotopic (exact) mass is 375 g/mol. The van der Waals surface area contributed by atoms with Crippen LogP contribution in [0.1, 0.15) is 23.6 Å². The molecule has 0 bridgehead atoms. The average Bonchev–Trinajstić information content (AvgIpc) is 3.45. The van der Waals surface area contributed by atoms with E-state index >= 15 is 0 Å². The Bertz CT molecular complexity index is 971. The van der Waals surface area contributed by atoms with Gasteiger partial charge in [0, 0.05) is 50.1 Å². The normalized spacial score (nSPS) is 11.4. The second-order valence-corrected chi connectivity index (χ2v) is 6.93. The molecule has 0 amide bonds. The molecule has 0 fully saturated rings. The number of furan rings is 1. The van der Waals surface area contributed by atoms with Gasteiger partial charge in [-0.2, -0.15) is 0 Å². The van der Waals surface area contributed by atoms with Gasteiger partial charge in [0.2, 0.25) is 0 Å². The van der Waals surface area contributed by atoms with Gasteiger partial charge in [0.05, 0.1) is 12.9 Å². The molecule has 0 unspecified atom stereocenters. The van der Waals surface area contributed by atoms with Gasteiger partial charge in [0.15, 0.2) is 0 Å². The summed E-state index contributed by atoms with van der Waals surface area (Å²) in [5.41, 5.74) is 1.21. The molecule has 6 nitrogen and oxygen atoms in total. The minimum absolute atomic E-state index is 0.783. The van der Waals surface area contributed by atoms with Crippen LogP contribution in [0.4, 0.5) is 0 Å². The number of imidazole rings is 1. The maximum Gasteiger partial charge on any atom is 0.136 e. The van der Waals surface area contributed by atoms with E-state index in [1.54, 1.807) is 0 Å². The first-order chi connectivity index (χ1) is 13.8. The van der Waals surface area contributed by atoms with Crippen LogP contribution in [0.3, 0.4) is 0 Å². The first kappa shape index (κ1) is 18.3. The third-order valence-corrected chi connectivity index (χ3v) is 4.74. The Hall–Kier alpha value is -3.12. The number of pyridine rings is 1. The van der Waals surface area contributed by atoms with Crippen molar-refractivity contribution in [2.75, 3.05) is 6.54 Å². The Kier molecular flexibility index (Phi) is 5.68. The number of aromatic nitrogens is 4. The van der Waals surface area contributed by atoms with Crippen LogP contribution in [0.5, 0.6) is 0 Å². The van der Waals surface area contributed by atoms with Crippen LogP contribution >= 0.6 is 0 Å². The van der Waals surface area contributed by atoms with Crippen LogP contribution in [0.15, 0.2) is 78.0 Å². The zero-order valence-electron chi connectivity index (χ0n) is 16.1. The van der Waals surface area contributed by atoms with E-state index in [4.69, 9.17) is 4.42 Å². The molecule has 4 rings (SSSR count). The van der Waals surface area contributed by atoms with Gasteiger partial charge in [0.1, 0.15) is 17.3 Å². The molecule has 144 valence electrons. The van der Waals surface area contributed by atoms with Gasteiger partial charge in [-0.15, -0.1) is 0 Å². The molecule has 4 aromatic rings. The highest BCUT2D eigenvalue weighted by molar-refractivity contribution is 5.27. The van der Waals surface area contributed by atoms with Crippen molar-refractivity contribution in [3.63, 3.8) is 0 Å². The Morgan fingerprint density at radius 1 is 1.00 bits per heavy atom. The number of aryl methyl sites for hydroxylation is 2. The van der Waals surface area contributed by atoms with Crippen LogP contribution in [-0.2, 0) is 19.6 Å². The third-order valence-electron chi connectivity index (χ3n) is 4.74. The second-order valence-electron chi connectivity index (χ2n) is 6.93. The average molecular weight is 375 g/mol. The molecule has 0 aromatic carbocycles. The van der Waals surface area contributed by atoms with Crippen molar-refractivity contribution < 1.29 is 4.42 Å². The fourth-order valence-corrected chi connectivity index (χ4v) is 3.39. The fourth-order valence-electron chi connectivity index (χ4n) is 3.39. The molecule has 0 radical (unpaired) electrons. The topological polar surface area (TPSA) is 52.0 Å². The largest absolute Gasteiger partial charge is 0.465 e. The summed E-state index contributed by atoms with van der Waals surface area (Å²) in [6.45, 7) is 5.51. The van der Waals surface area contributed by atoms with Crippen molar-refractivity contribution >= 4 is 0 Å². The van der Waals surface area contributed by atoms with Gasteiger partial charge in [-0.05, 0) is 49.7 Å². The molecule has 0 aliphatic rings. The smallest absolute Gasteiger partial charge is 0.136 e. The Balaban J connectivity index is 1.47. The fraction of sp³-hybridized carbons (Fsp3) is 0.273. The minimum Gasteiger partial charge on any atom is -0.465 e. The molecular weight excluding hydrogens is 350 g/mol. The number of hydrogen-bond acceptors (Lipinski definition) is 4. The van der Waals surface area contributed by atoms with E-state index in [1.807, 2.05) is 56.1 Å². The van der Waals surface area contributed by atoms with Crippen molar-refractivity contribution in [2.45, 2.75) is 33.0 Å². The van der Waals surface area contributed by atoms with Crippen molar-refractivity contribution in [2.24, 2.45) is 0 Å². The van der Waals surface area contributed by atoms with E-state index in [-0.39, 0.29) is 0 Å². The molecule has 0 aliphatic heterocycles. The van der Waals surface area contributed by atoms with Crippen molar-refractivity contribution in [1.29, 1.82) is 0 Å². The highest BCUT2D eigenvalue weighted by atomic mass is 16.3. The predicted molar refractivity (Wildman–Crippen MR) is 108 cm³/mol. The van der Waals surface area contributed by atoms with Gasteiger partial charge in [0.25, 0.3) is 0 Å². The van der Waals surface area contributed by atoms with Gasteiger partial charge >= 0.3 is 0 Å². The summed E-state index contributed by atoms with van der Waals surface area (Å²) < 4.78 is 10.1. The minimum atomic E-state index is 0.783. The molecule has 4 aromatic heterocycles. The summed E-state index contributed by atoms with van der Waals surface area (Å²) in [6.07, 6.45) is 10.6. The van der Waals surface area contributed by atoms with Crippen molar-refractivity contribution in [1.82, 2.24) is 24.0 Å². The lowest BCUT2D eigenvalue weighted by Crippen LogP contribution is -2.26. The second kappa shape index (κ2) is 8.71. The molecule has 28 heavy (non-hydrogen) atoms. The summed E-state index contributed by atoms with van der Waals surface area (Å²) in [5.74, 6) is 2.89. The molecular formula is C22H25N5O. The molecule has 0 atom stereocenters. The van der Waals surface area contributed by atoms with Gasteiger partial charge in [-0.25, -0.2) is 9.97 Å². The van der Waals surface area contributed by atoms with Crippen LogP contribution < -0.4 is 0 Å². The Morgan fingerprint density at radius 2 is 1.96 bits per heavy atom. The number of nitrogens with zero attached hydrogens (tertiary/aromatic N) is 5. The molecule has 6 heteroatoms. The highest BCUT2D eigenvalue weighted by Gasteiger charge is 2.13. The highest BCUT2D eigenvalue weighted by Crippen LogP contribution is 2.16. The first-order valence-corrected chi connectivity index (χ1v) is 9.59. The van der Waals surface area contributed by atoms with Crippen molar-refractivity contribution in [3.05, 3.63) is 90.8 Å².